The van der Waals surface area contributed by atoms with Gasteiger partial charge in [-0.2, -0.15) is 0 Å². The molecule has 0 saturated heterocycles. The second kappa shape index (κ2) is 12.8. The summed E-state index contributed by atoms with van der Waals surface area (Å²) >= 11 is 0. The summed E-state index contributed by atoms with van der Waals surface area (Å²) in [5.41, 5.74) is 0.239. The number of carbonyl (C=O) groups excluding carboxylic acids is 2. The van der Waals surface area contributed by atoms with Gasteiger partial charge in [0.05, 0.1) is 26.7 Å². The van der Waals surface area contributed by atoms with Crippen molar-refractivity contribution in [3.05, 3.63) is 23.8 Å². The molecule has 0 radical (unpaired) electrons. The average Bonchev–Trinajstić information content (AvgIpc) is 2.77. The number of esters is 1. The van der Waals surface area contributed by atoms with Gasteiger partial charge in [-0.05, 0) is 37.3 Å². The summed E-state index contributed by atoms with van der Waals surface area (Å²) in [6.07, 6.45) is 4.00. The Morgan fingerprint density at radius 1 is 1.10 bits per heavy atom. The molecule has 0 aliphatic rings. The molecule has 6 nitrogen and oxygen atoms in total. The van der Waals surface area contributed by atoms with Gasteiger partial charge in [-0.3, -0.25) is 14.2 Å². The summed E-state index contributed by atoms with van der Waals surface area (Å²) in [4.78, 5) is 26.8. The van der Waals surface area contributed by atoms with Crippen molar-refractivity contribution in [2.24, 2.45) is 17.8 Å². The summed E-state index contributed by atoms with van der Waals surface area (Å²) in [5.74, 6) is -1.20. The first-order chi connectivity index (χ1) is 14.7. The van der Waals surface area contributed by atoms with E-state index in [0.717, 1.165) is 25.7 Å². The topological polar surface area (TPSA) is 78.9 Å². The number of ether oxygens (including phenoxy) is 3. The highest BCUT2D eigenvalue weighted by Crippen LogP contribution is 2.42. The Labute approximate surface area is 188 Å². The van der Waals surface area contributed by atoms with Crippen molar-refractivity contribution in [2.45, 2.75) is 65.5 Å². The molecule has 0 heterocycles. The molecule has 0 spiro atoms. The Balaban J connectivity index is 3.28. The third-order valence-electron chi connectivity index (χ3n) is 5.83. The van der Waals surface area contributed by atoms with Crippen molar-refractivity contribution in [1.29, 1.82) is 0 Å². The highest BCUT2D eigenvalue weighted by Gasteiger charge is 2.50. The van der Waals surface area contributed by atoms with E-state index in [2.05, 4.69) is 13.8 Å². The van der Waals surface area contributed by atoms with Gasteiger partial charge in [0.25, 0.3) is 0 Å². The molecular formula is C24H37O6P. The third kappa shape index (κ3) is 6.52. The summed E-state index contributed by atoms with van der Waals surface area (Å²) in [6.45, 7) is 9.64. The molecule has 0 saturated carbocycles. The van der Waals surface area contributed by atoms with Gasteiger partial charge in [0.1, 0.15) is 17.1 Å². The number of ketones is 1. The fourth-order valence-electron chi connectivity index (χ4n) is 3.92. The van der Waals surface area contributed by atoms with Crippen LogP contribution in [0.3, 0.4) is 0 Å². The maximum atomic E-state index is 13.7. The predicted molar refractivity (Wildman–Crippen MR) is 122 cm³/mol. The molecule has 174 valence electrons. The van der Waals surface area contributed by atoms with Crippen molar-refractivity contribution in [1.82, 2.24) is 0 Å². The van der Waals surface area contributed by atoms with Crippen LogP contribution >= 0.6 is 8.46 Å². The molecule has 1 rings (SSSR count). The molecule has 0 aliphatic heterocycles. The number of benzene rings is 1. The number of rotatable bonds is 14. The Bertz CT molecular complexity index is 725. The highest BCUT2D eigenvalue weighted by atomic mass is 31.1. The van der Waals surface area contributed by atoms with E-state index in [1.54, 1.807) is 18.2 Å². The largest absolute Gasteiger partial charge is 0.496 e. The Morgan fingerprint density at radius 2 is 1.68 bits per heavy atom. The molecular weight excluding hydrogens is 415 g/mol. The fraction of sp³-hybridized carbons (Fsp3) is 0.667. The molecule has 0 amide bonds. The normalized spacial score (nSPS) is 15.2. The van der Waals surface area contributed by atoms with Gasteiger partial charge in [0.15, 0.2) is 19.4 Å². The van der Waals surface area contributed by atoms with Crippen molar-refractivity contribution in [3.8, 4) is 11.5 Å². The third-order valence-corrected chi connectivity index (χ3v) is 6.67. The first kappa shape index (κ1) is 27.1. The highest BCUT2D eigenvalue weighted by molar-refractivity contribution is 7.27. The van der Waals surface area contributed by atoms with Crippen LogP contribution in [-0.2, 0) is 14.1 Å². The molecule has 3 atom stereocenters. The zero-order valence-electron chi connectivity index (χ0n) is 19.9. The van der Waals surface area contributed by atoms with Gasteiger partial charge in [0, 0.05) is 0 Å². The van der Waals surface area contributed by atoms with E-state index in [0.29, 0.717) is 11.5 Å². The van der Waals surface area contributed by atoms with E-state index in [1.807, 2.05) is 13.8 Å². The molecule has 1 aromatic rings. The number of carbonyl (C=O) groups is 2. The fourth-order valence-corrected chi connectivity index (χ4v) is 4.58. The monoisotopic (exact) mass is 452 g/mol. The lowest BCUT2D eigenvalue weighted by molar-refractivity contribution is -0.149. The SMILES string of the molecule is CCCCC(CC)COC(=O)C(C)(P=O)C(C(=O)c1c(OC)cccc1OC)C(C)C. The maximum absolute atomic E-state index is 13.7. The van der Waals surface area contributed by atoms with Crippen molar-refractivity contribution in [2.75, 3.05) is 20.8 Å². The van der Waals surface area contributed by atoms with E-state index in [-0.39, 0.29) is 29.8 Å². The summed E-state index contributed by atoms with van der Waals surface area (Å²) in [7, 11) is 2.48. The van der Waals surface area contributed by atoms with Gasteiger partial charge in [-0.15, -0.1) is 0 Å². The van der Waals surface area contributed by atoms with Crippen molar-refractivity contribution < 1.29 is 28.4 Å². The van der Waals surface area contributed by atoms with Crippen LogP contribution in [0.1, 0.15) is 70.7 Å². The van der Waals surface area contributed by atoms with Gasteiger partial charge >= 0.3 is 5.97 Å². The quantitative estimate of drug-likeness (QED) is 0.197. The van der Waals surface area contributed by atoms with Crippen LogP contribution < -0.4 is 9.47 Å². The van der Waals surface area contributed by atoms with Crippen LogP contribution in [0.4, 0.5) is 0 Å². The average molecular weight is 453 g/mol. The van der Waals surface area contributed by atoms with Crippen LogP contribution in [0.25, 0.3) is 0 Å². The number of Topliss-reactive ketones (excluding diaryl/α,β-unsaturated/α-hetero) is 1. The minimum Gasteiger partial charge on any atom is -0.496 e. The van der Waals surface area contributed by atoms with E-state index in [9.17, 15) is 14.2 Å². The smallest absolute Gasteiger partial charge is 0.324 e. The van der Waals surface area contributed by atoms with Crippen molar-refractivity contribution >= 4 is 20.2 Å². The molecule has 0 N–H and O–H groups in total. The summed E-state index contributed by atoms with van der Waals surface area (Å²) < 4.78 is 28.7. The summed E-state index contributed by atoms with van der Waals surface area (Å²) in [6, 6.07) is 5.05. The number of hydrogen-bond acceptors (Lipinski definition) is 6. The lowest BCUT2D eigenvalue weighted by atomic mass is 9.77. The molecule has 7 heteroatoms. The van der Waals surface area contributed by atoms with Gasteiger partial charge in [-0.25, -0.2) is 0 Å². The van der Waals surface area contributed by atoms with E-state index in [1.165, 1.54) is 21.1 Å². The molecule has 1 aromatic carbocycles. The maximum Gasteiger partial charge on any atom is 0.324 e. The lowest BCUT2D eigenvalue weighted by Gasteiger charge is -2.32. The lowest BCUT2D eigenvalue weighted by Crippen LogP contribution is -2.46. The second-order valence-electron chi connectivity index (χ2n) is 8.38. The predicted octanol–water partition coefficient (Wildman–Crippen LogP) is 5.97. The van der Waals surface area contributed by atoms with Crippen LogP contribution in [0.15, 0.2) is 18.2 Å². The van der Waals surface area contributed by atoms with Crippen LogP contribution in [0.2, 0.25) is 0 Å². The molecule has 0 bridgehead atoms. The number of unbranched alkanes of at least 4 members (excludes halogenated alkanes) is 1. The first-order valence-electron chi connectivity index (χ1n) is 11.0. The minimum atomic E-state index is -1.53. The van der Waals surface area contributed by atoms with Gasteiger partial charge in [-0.1, -0.05) is 53.0 Å². The summed E-state index contributed by atoms with van der Waals surface area (Å²) in [5, 5.41) is -1.53. The van der Waals surface area contributed by atoms with Crippen LogP contribution in [0, 0.1) is 17.8 Å². The molecule has 0 aliphatic carbocycles. The minimum absolute atomic E-state index is 0.239. The van der Waals surface area contributed by atoms with E-state index in [4.69, 9.17) is 14.2 Å². The van der Waals surface area contributed by atoms with Gasteiger partial charge in [0.2, 0.25) is 0 Å². The van der Waals surface area contributed by atoms with E-state index >= 15 is 0 Å². The first-order valence-corrected chi connectivity index (χ1v) is 11.8. The zero-order chi connectivity index (χ0) is 23.6. The molecule has 0 aromatic heterocycles. The number of methoxy groups -OCH3 is 2. The van der Waals surface area contributed by atoms with Crippen LogP contribution in [-0.4, -0.2) is 37.7 Å². The van der Waals surface area contributed by atoms with E-state index < -0.39 is 25.5 Å². The second-order valence-corrected chi connectivity index (χ2v) is 9.49. The standard InChI is InChI=1S/C24H37O6P/c1-8-10-12-17(9-2)15-30-23(26)24(5,31-27)21(16(3)4)22(25)20-18(28-6)13-11-14-19(20)29-7/h11,13-14,16-17,21H,8-10,12,15H2,1-7H3. The number of hydrogen-bond donors (Lipinski definition) is 0. The van der Waals surface area contributed by atoms with Crippen LogP contribution in [0.5, 0.6) is 11.5 Å². The molecule has 3 unspecified atom stereocenters. The van der Waals surface area contributed by atoms with Crippen molar-refractivity contribution in [3.63, 3.8) is 0 Å². The molecule has 0 fully saturated rings. The zero-order valence-corrected chi connectivity index (χ0v) is 20.8. The molecule has 31 heavy (non-hydrogen) atoms. The van der Waals surface area contributed by atoms with Gasteiger partial charge < -0.3 is 14.2 Å². The Kier molecular flexibility index (Phi) is 11.2. The Hall–Kier alpha value is -1.94. The Morgan fingerprint density at radius 3 is 2.10 bits per heavy atom.